The lowest BCUT2D eigenvalue weighted by molar-refractivity contribution is -0.118. The summed E-state index contributed by atoms with van der Waals surface area (Å²) in [5, 5.41) is 9.04. The highest BCUT2D eigenvalue weighted by atomic mass is 19.2. The lowest BCUT2D eigenvalue weighted by Crippen LogP contribution is -2.31. The molecule has 2 rings (SSSR count). The van der Waals surface area contributed by atoms with Crippen molar-refractivity contribution in [3.8, 4) is 0 Å². The molecule has 1 heterocycles. The largest absolute Gasteiger partial charge is 0.478 e. The molecule has 4 nitrogen and oxygen atoms in total. The molecule has 0 bridgehead atoms. The molecule has 1 fully saturated rings. The number of amides is 1. The average Bonchev–Trinajstić information content (AvgIpc) is 2.56. The normalized spacial score (nSPS) is 16.3. The van der Waals surface area contributed by atoms with Crippen LogP contribution in [0.25, 0.3) is 0 Å². The van der Waals surface area contributed by atoms with Gasteiger partial charge in [0.25, 0.3) is 0 Å². The Morgan fingerprint density at radius 2 is 1.84 bits per heavy atom. The number of carboxylic acid groups (broad SMARTS) is 1. The highest BCUT2D eigenvalue weighted by molar-refractivity contribution is 6.02. The standard InChI is InChI=1S/C13H13F2NO3/c14-9-6-8(13(18)19)11(7-10(9)15)16-5-3-1-2-4-12(16)17/h6-7H,1-5H2,(H,18,19). The van der Waals surface area contributed by atoms with Crippen molar-refractivity contribution in [2.75, 3.05) is 11.4 Å². The Bertz CT molecular complexity index is 531. The van der Waals surface area contributed by atoms with Crippen LogP contribution < -0.4 is 4.90 Å². The number of anilines is 1. The SMILES string of the molecule is O=C(O)c1cc(F)c(F)cc1N1CCCCCC1=O. The summed E-state index contributed by atoms with van der Waals surface area (Å²) in [7, 11) is 0. The van der Waals surface area contributed by atoms with Crippen LogP contribution >= 0.6 is 0 Å². The number of hydrogen-bond donors (Lipinski definition) is 1. The van der Waals surface area contributed by atoms with Gasteiger partial charge in [-0.25, -0.2) is 13.6 Å². The van der Waals surface area contributed by atoms with E-state index in [1.54, 1.807) is 0 Å². The van der Waals surface area contributed by atoms with Gasteiger partial charge in [-0.2, -0.15) is 0 Å². The average molecular weight is 269 g/mol. The van der Waals surface area contributed by atoms with E-state index in [-0.39, 0.29) is 18.0 Å². The first kappa shape index (κ1) is 13.5. The van der Waals surface area contributed by atoms with Gasteiger partial charge in [-0.15, -0.1) is 0 Å². The van der Waals surface area contributed by atoms with Gasteiger partial charge in [0.05, 0.1) is 11.3 Å². The molecule has 1 aliphatic heterocycles. The van der Waals surface area contributed by atoms with E-state index in [2.05, 4.69) is 0 Å². The third-order valence-electron chi connectivity index (χ3n) is 3.13. The molecule has 1 N–H and O–H groups in total. The summed E-state index contributed by atoms with van der Waals surface area (Å²) in [4.78, 5) is 24.2. The Hall–Kier alpha value is -1.98. The number of halogens is 2. The zero-order valence-electron chi connectivity index (χ0n) is 10.2. The highest BCUT2D eigenvalue weighted by Gasteiger charge is 2.25. The molecule has 0 aliphatic carbocycles. The van der Waals surface area contributed by atoms with Gasteiger partial charge in [0.15, 0.2) is 11.6 Å². The molecule has 0 radical (unpaired) electrons. The fraction of sp³-hybridized carbons (Fsp3) is 0.385. The van der Waals surface area contributed by atoms with Gasteiger partial charge >= 0.3 is 5.97 Å². The zero-order valence-corrected chi connectivity index (χ0v) is 10.2. The fourth-order valence-corrected chi connectivity index (χ4v) is 2.17. The van der Waals surface area contributed by atoms with E-state index >= 15 is 0 Å². The maximum Gasteiger partial charge on any atom is 0.337 e. The molecule has 1 aromatic rings. The second kappa shape index (κ2) is 5.34. The summed E-state index contributed by atoms with van der Waals surface area (Å²) in [6.45, 7) is 0.324. The first-order chi connectivity index (χ1) is 9.00. The molecule has 1 amide bonds. The maximum absolute atomic E-state index is 13.3. The van der Waals surface area contributed by atoms with Crippen LogP contribution in [0.1, 0.15) is 36.0 Å². The lowest BCUT2D eigenvalue weighted by Gasteiger charge is -2.22. The van der Waals surface area contributed by atoms with Crippen LogP contribution in [0.4, 0.5) is 14.5 Å². The number of carbonyl (C=O) groups is 2. The summed E-state index contributed by atoms with van der Waals surface area (Å²) >= 11 is 0. The van der Waals surface area contributed by atoms with Crippen LogP contribution in [0.15, 0.2) is 12.1 Å². The van der Waals surface area contributed by atoms with E-state index in [0.717, 1.165) is 18.9 Å². The van der Waals surface area contributed by atoms with E-state index in [4.69, 9.17) is 5.11 Å². The van der Waals surface area contributed by atoms with Crippen LogP contribution in [0.3, 0.4) is 0 Å². The van der Waals surface area contributed by atoms with Crippen molar-refractivity contribution in [2.45, 2.75) is 25.7 Å². The molecule has 6 heteroatoms. The van der Waals surface area contributed by atoms with E-state index in [1.165, 1.54) is 4.90 Å². The molecule has 1 aromatic carbocycles. The highest BCUT2D eigenvalue weighted by Crippen LogP contribution is 2.27. The van der Waals surface area contributed by atoms with Gasteiger partial charge in [-0.3, -0.25) is 4.79 Å². The van der Waals surface area contributed by atoms with Gasteiger partial charge < -0.3 is 10.0 Å². The van der Waals surface area contributed by atoms with E-state index in [0.29, 0.717) is 19.0 Å². The monoisotopic (exact) mass is 269 g/mol. The Morgan fingerprint density at radius 3 is 2.53 bits per heavy atom. The first-order valence-corrected chi connectivity index (χ1v) is 6.03. The maximum atomic E-state index is 13.3. The minimum Gasteiger partial charge on any atom is -0.478 e. The molecule has 0 unspecified atom stereocenters. The molecule has 102 valence electrons. The number of aromatic carboxylic acids is 1. The van der Waals surface area contributed by atoms with Gasteiger partial charge in [0, 0.05) is 19.0 Å². The molecule has 19 heavy (non-hydrogen) atoms. The van der Waals surface area contributed by atoms with Crippen molar-refractivity contribution in [3.63, 3.8) is 0 Å². The number of rotatable bonds is 2. The smallest absolute Gasteiger partial charge is 0.337 e. The predicted molar refractivity (Wildman–Crippen MR) is 64.1 cm³/mol. The fourth-order valence-electron chi connectivity index (χ4n) is 2.17. The Kier molecular flexibility index (Phi) is 3.78. The second-order valence-corrected chi connectivity index (χ2v) is 4.44. The molecular formula is C13H13F2NO3. The first-order valence-electron chi connectivity index (χ1n) is 6.03. The Labute approximate surface area is 108 Å². The molecule has 1 saturated heterocycles. The van der Waals surface area contributed by atoms with E-state index in [1.807, 2.05) is 0 Å². The van der Waals surface area contributed by atoms with Crippen molar-refractivity contribution >= 4 is 17.6 Å². The van der Waals surface area contributed by atoms with Gasteiger partial charge in [-0.05, 0) is 18.9 Å². The lowest BCUT2D eigenvalue weighted by atomic mass is 10.1. The predicted octanol–water partition coefficient (Wildman–Crippen LogP) is 2.57. The minimum atomic E-state index is -1.38. The zero-order chi connectivity index (χ0) is 14.0. The third-order valence-corrected chi connectivity index (χ3v) is 3.13. The summed E-state index contributed by atoms with van der Waals surface area (Å²) in [6, 6.07) is 1.40. The topological polar surface area (TPSA) is 57.6 Å². The van der Waals surface area contributed by atoms with Gasteiger partial charge in [0.1, 0.15) is 0 Å². The third kappa shape index (κ3) is 2.72. The van der Waals surface area contributed by atoms with Gasteiger partial charge in [-0.1, -0.05) is 6.42 Å². The molecule has 0 saturated carbocycles. The Balaban J connectivity index is 2.50. The molecule has 0 atom stereocenters. The molecule has 1 aliphatic rings. The van der Waals surface area contributed by atoms with Crippen molar-refractivity contribution in [1.29, 1.82) is 0 Å². The van der Waals surface area contributed by atoms with Crippen LogP contribution in [0.2, 0.25) is 0 Å². The van der Waals surface area contributed by atoms with Crippen LogP contribution in [-0.2, 0) is 4.79 Å². The summed E-state index contributed by atoms with van der Waals surface area (Å²) in [6.07, 6.45) is 2.58. The van der Waals surface area contributed by atoms with Crippen LogP contribution in [-0.4, -0.2) is 23.5 Å². The van der Waals surface area contributed by atoms with Gasteiger partial charge in [0.2, 0.25) is 5.91 Å². The van der Waals surface area contributed by atoms with Crippen molar-refractivity contribution in [3.05, 3.63) is 29.3 Å². The molecule has 0 aromatic heterocycles. The summed E-state index contributed by atoms with van der Waals surface area (Å²) in [5.74, 6) is -4.03. The number of benzene rings is 1. The van der Waals surface area contributed by atoms with Crippen LogP contribution in [0.5, 0.6) is 0 Å². The van der Waals surface area contributed by atoms with Crippen molar-refractivity contribution < 1.29 is 23.5 Å². The number of nitrogens with zero attached hydrogens (tertiary/aromatic N) is 1. The Morgan fingerprint density at radius 1 is 1.16 bits per heavy atom. The number of hydrogen-bond acceptors (Lipinski definition) is 2. The van der Waals surface area contributed by atoms with Crippen LogP contribution in [0, 0.1) is 11.6 Å². The second-order valence-electron chi connectivity index (χ2n) is 4.44. The molecular weight excluding hydrogens is 256 g/mol. The molecule has 0 spiro atoms. The number of carbonyl (C=O) groups excluding carboxylic acids is 1. The summed E-state index contributed by atoms with van der Waals surface area (Å²) < 4.78 is 26.4. The van der Waals surface area contributed by atoms with Crippen molar-refractivity contribution in [1.82, 2.24) is 0 Å². The summed E-state index contributed by atoms with van der Waals surface area (Å²) in [5.41, 5.74) is -0.465. The van der Waals surface area contributed by atoms with E-state index in [9.17, 15) is 18.4 Å². The van der Waals surface area contributed by atoms with E-state index < -0.39 is 23.2 Å². The number of carboxylic acids is 1. The minimum absolute atomic E-state index is 0.0710. The van der Waals surface area contributed by atoms with Crippen molar-refractivity contribution in [2.24, 2.45) is 0 Å². The quantitative estimate of drug-likeness (QED) is 0.897.